The van der Waals surface area contributed by atoms with Gasteiger partial charge in [-0.1, -0.05) is 94.8 Å². The van der Waals surface area contributed by atoms with Crippen LogP contribution in [0.25, 0.3) is 6.08 Å². The van der Waals surface area contributed by atoms with E-state index in [1.165, 1.54) is 39.7 Å². The topological polar surface area (TPSA) is 63.2 Å². The Bertz CT molecular complexity index is 2050. The summed E-state index contributed by atoms with van der Waals surface area (Å²) in [4.78, 5) is 21.5. The van der Waals surface area contributed by atoms with Gasteiger partial charge in [0.1, 0.15) is 6.61 Å². The highest BCUT2D eigenvalue weighted by Gasteiger charge is 2.35. The number of amidine groups is 1. The molecule has 8 rings (SSSR count). The van der Waals surface area contributed by atoms with Crippen LogP contribution in [-0.4, -0.2) is 30.8 Å². The third kappa shape index (κ3) is 7.21. The third-order valence-corrected chi connectivity index (χ3v) is 11.2. The fraction of sp³-hybridized carbons (Fsp3) is 0.209. The van der Waals surface area contributed by atoms with E-state index in [1.807, 2.05) is 55.5 Å². The summed E-state index contributed by atoms with van der Waals surface area (Å²) in [6, 6.07) is 40.0. The lowest BCUT2D eigenvalue weighted by Gasteiger charge is -2.43. The molecule has 51 heavy (non-hydrogen) atoms. The molecule has 5 aromatic rings. The second kappa shape index (κ2) is 14.8. The van der Waals surface area contributed by atoms with Crippen LogP contribution in [0.15, 0.2) is 130 Å². The van der Waals surface area contributed by atoms with Crippen LogP contribution in [0.5, 0.6) is 11.5 Å². The van der Waals surface area contributed by atoms with Crippen molar-refractivity contribution in [1.29, 1.82) is 0 Å². The van der Waals surface area contributed by atoms with E-state index in [1.54, 1.807) is 0 Å². The van der Waals surface area contributed by atoms with Gasteiger partial charge in [-0.05, 0) is 107 Å². The molecule has 5 aromatic carbocycles. The summed E-state index contributed by atoms with van der Waals surface area (Å²) in [6.07, 6.45) is 4.00. The second-order valence-electron chi connectivity index (χ2n) is 13.0. The molecule has 256 valence electrons. The largest absolute Gasteiger partial charge is 0.490 e. The Kier molecular flexibility index (Phi) is 9.70. The van der Waals surface area contributed by atoms with Gasteiger partial charge < -0.3 is 19.7 Å². The summed E-state index contributed by atoms with van der Waals surface area (Å²) in [5.41, 5.74) is 9.43. The van der Waals surface area contributed by atoms with Gasteiger partial charge in [-0.25, -0.2) is 4.99 Å². The number of hydrogen-bond donors (Lipinski definition) is 1. The third-order valence-electron chi connectivity index (χ3n) is 9.75. The van der Waals surface area contributed by atoms with E-state index < -0.39 is 0 Å². The molecule has 3 aliphatic heterocycles. The van der Waals surface area contributed by atoms with Crippen molar-refractivity contribution < 1.29 is 14.3 Å². The van der Waals surface area contributed by atoms with Crippen LogP contribution in [0, 0.1) is 0 Å². The van der Waals surface area contributed by atoms with Crippen molar-refractivity contribution in [3.63, 3.8) is 0 Å². The average molecular weight is 757 g/mol. The molecule has 1 fully saturated rings. The first-order valence-corrected chi connectivity index (χ1v) is 19.1. The van der Waals surface area contributed by atoms with Crippen molar-refractivity contribution in [2.75, 3.05) is 24.6 Å². The minimum atomic E-state index is -0.165. The molecule has 2 atom stereocenters. The van der Waals surface area contributed by atoms with E-state index >= 15 is 0 Å². The van der Waals surface area contributed by atoms with E-state index in [0.29, 0.717) is 34.8 Å². The van der Waals surface area contributed by atoms with Gasteiger partial charge >= 0.3 is 0 Å². The number of carbonyl (C=O) groups is 1. The zero-order valence-electron chi connectivity index (χ0n) is 28.3. The molecule has 1 saturated heterocycles. The maximum atomic E-state index is 13.3. The van der Waals surface area contributed by atoms with Gasteiger partial charge in [-0.3, -0.25) is 4.79 Å². The molecule has 0 aromatic heterocycles. The molecule has 0 bridgehead atoms. The summed E-state index contributed by atoms with van der Waals surface area (Å²) in [5, 5.41) is 3.61. The number of ether oxygens (including phenoxy) is 2. The summed E-state index contributed by atoms with van der Waals surface area (Å²) in [5.74, 6) is 1.70. The highest BCUT2D eigenvalue weighted by atomic mass is 79.9. The lowest BCUT2D eigenvalue weighted by atomic mass is 9.76. The number of amides is 1. The Hall–Kier alpha value is -4.79. The lowest BCUT2D eigenvalue weighted by Crippen LogP contribution is -2.37. The Balaban J connectivity index is 1.10. The van der Waals surface area contributed by atoms with Gasteiger partial charge in [0, 0.05) is 35.1 Å². The minimum Gasteiger partial charge on any atom is -0.490 e. The molecule has 1 N–H and O–H groups in total. The van der Waals surface area contributed by atoms with E-state index in [4.69, 9.17) is 14.5 Å². The monoisotopic (exact) mass is 755 g/mol. The minimum absolute atomic E-state index is 0.165. The van der Waals surface area contributed by atoms with Crippen LogP contribution in [0.1, 0.15) is 65.0 Å². The molecule has 6 nitrogen and oxygen atoms in total. The lowest BCUT2D eigenvalue weighted by molar-refractivity contribution is -0.115. The van der Waals surface area contributed by atoms with Crippen molar-refractivity contribution in [2.24, 2.45) is 4.99 Å². The Morgan fingerprint density at radius 2 is 1.47 bits per heavy atom. The Morgan fingerprint density at radius 1 is 0.824 bits per heavy atom. The molecule has 3 heterocycles. The summed E-state index contributed by atoms with van der Waals surface area (Å²) >= 11 is 4.84. The van der Waals surface area contributed by atoms with Gasteiger partial charge in [0.15, 0.2) is 16.7 Å². The maximum absolute atomic E-state index is 13.3. The first-order valence-electron chi connectivity index (χ1n) is 17.5. The zero-order valence-corrected chi connectivity index (χ0v) is 30.8. The van der Waals surface area contributed by atoms with E-state index in [9.17, 15) is 4.79 Å². The molecule has 0 radical (unpaired) electrons. The zero-order chi connectivity index (χ0) is 34.7. The number of benzene rings is 5. The van der Waals surface area contributed by atoms with Gasteiger partial charge in [-0.15, -0.1) is 0 Å². The molecule has 0 unspecified atom stereocenters. The van der Waals surface area contributed by atoms with Gasteiger partial charge in [0.05, 0.1) is 17.2 Å². The average Bonchev–Trinajstić information content (AvgIpc) is 3.50. The van der Waals surface area contributed by atoms with Crippen molar-refractivity contribution in [3.05, 3.63) is 158 Å². The summed E-state index contributed by atoms with van der Waals surface area (Å²) < 4.78 is 13.1. The van der Waals surface area contributed by atoms with Crippen molar-refractivity contribution in [3.8, 4) is 11.5 Å². The van der Waals surface area contributed by atoms with Crippen LogP contribution in [0.3, 0.4) is 0 Å². The highest BCUT2D eigenvalue weighted by Crippen LogP contribution is 2.50. The number of halogens is 1. The number of hydrogen-bond acceptors (Lipinski definition) is 6. The maximum Gasteiger partial charge on any atom is 0.264 e. The first-order chi connectivity index (χ1) is 25.0. The van der Waals surface area contributed by atoms with Crippen LogP contribution >= 0.6 is 27.7 Å². The van der Waals surface area contributed by atoms with E-state index in [2.05, 4.69) is 98.9 Å². The molecular weight excluding hydrogens is 718 g/mol. The number of nitrogens with one attached hydrogen (secondary N) is 1. The quantitative estimate of drug-likeness (QED) is 0.152. The van der Waals surface area contributed by atoms with Crippen LogP contribution < -0.4 is 19.7 Å². The molecule has 3 aliphatic rings. The highest BCUT2D eigenvalue weighted by molar-refractivity contribution is 9.10. The van der Waals surface area contributed by atoms with Gasteiger partial charge in [0.25, 0.3) is 5.91 Å². The first kappa shape index (κ1) is 33.4. The smallest absolute Gasteiger partial charge is 0.264 e. The van der Waals surface area contributed by atoms with Crippen molar-refractivity contribution in [2.45, 2.75) is 38.2 Å². The normalized spacial score (nSPS) is 19.6. The summed E-state index contributed by atoms with van der Waals surface area (Å²) in [7, 11) is 0. The molecule has 0 aliphatic carbocycles. The standard InChI is InChI=1S/C43H38BrN3O3S/c1-2-49-39-23-29(15-18-38(39)50-27-28-13-16-32(44)17-14-28)24-40-42(48)46-43(51-40)45-33-25-36-34(30-9-5-3-6-10-30)19-21-47-22-20-35(37(26-33)41(36)47)31-11-7-4-8-12-31/h3-18,23-26,34-35H,2,19-22,27H2,1H3,(H,45,46,48)/b40-24-/t34-,35-/m1/s1. The van der Waals surface area contributed by atoms with E-state index in [0.717, 1.165) is 47.2 Å². The molecule has 0 spiro atoms. The van der Waals surface area contributed by atoms with Crippen LogP contribution in [0.2, 0.25) is 0 Å². The van der Waals surface area contributed by atoms with Crippen LogP contribution in [-0.2, 0) is 11.4 Å². The number of aliphatic imine (C=N–C) groups is 1. The Labute approximate surface area is 311 Å². The fourth-order valence-electron chi connectivity index (χ4n) is 7.40. The van der Waals surface area contributed by atoms with Crippen LogP contribution in [0.4, 0.5) is 11.4 Å². The predicted molar refractivity (Wildman–Crippen MR) is 211 cm³/mol. The fourth-order valence-corrected chi connectivity index (χ4v) is 8.50. The number of anilines is 1. The van der Waals surface area contributed by atoms with E-state index in [-0.39, 0.29) is 17.7 Å². The predicted octanol–water partition coefficient (Wildman–Crippen LogP) is 10.2. The Morgan fingerprint density at radius 3 is 2.10 bits per heavy atom. The SMILES string of the molecule is CCOc1cc(/C=C2\SC(=Nc3cc4c5c(c3)[C@@H](c3ccccc3)CCN5CC[C@@H]4c3ccccc3)NC2=O)ccc1OCc1ccc(Br)cc1. The number of nitrogens with zero attached hydrogens (tertiary/aromatic N) is 2. The molecular formula is C43H38BrN3O3S. The van der Waals surface area contributed by atoms with Crippen molar-refractivity contribution in [1.82, 2.24) is 5.32 Å². The van der Waals surface area contributed by atoms with Gasteiger partial charge in [-0.2, -0.15) is 0 Å². The summed E-state index contributed by atoms with van der Waals surface area (Å²) in [6.45, 7) is 4.95. The molecule has 1 amide bonds. The number of thioether (sulfide) groups is 1. The second-order valence-corrected chi connectivity index (χ2v) is 14.9. The number of rotatable bonds is 9. The number of carbonyl (C=O) groups excluding carboxylic acids is 1. The molecule has 0 saturated carbocycles. The van der Waals surface area contributed by atoms with Crippen molar-refractivity contribution >= 4 is 56.2 Å². The van der Waals surface area contributed by atoms with Gasteiger partial charge in [0.2, 0.25) is 0 Å². The molecule has 8 heteroatoms.